The number of rotatable bonds is 0. The number of fused-ring (bicyclic) bond motifs is 9. The molecule has 2 nitrogen and oxygen atoms in total. The van der Waals surface area contributed by atoms with Crippen molar-refractivity contribution in [3.63, 3.8) is 0 Å². The Morgan fingerprint density at radius 1 is 0.545 bits per heavy atom. The van der Waals surface area contributed by atoms with Crippen molar-refractivity contribution in [1.82, 2.24) is 9.38 Å². The maximum Gasteiger partial charge on any atom is 0.0620 e. The molecule has 5 aromatic carbocycles. The van der Waals surface area contributed by atoms with E-state index in [-0.39, 0.29) is 0 Å². The van der Waals surface area contributed by atoms with Gasteiger partial charge in [0.05, 0.1) is 16.6 Å². The Hall–Kier alpha value is -4.08. The van der Waals surface area contributed by atoms with Gasteiger partial charge in [-0.3, -0.25) is 0 Å². The van der Waals surface area contributed by atoms with Gasteiger partial charge in [0.1, 0.15) is 0 Å². The molecule has 0 spiro atoms. The fraction of sp³-hybridized carbons (Fsp3) is 0. The Balaban J connectivity index is 1.79. The van der Waals surface area contributed by atoms with Crippen molar-refractivity contribution in [3.8, 4) is 0 Å². The van der Waals surface area contributed by atoms with Gasteiger partial charge < -0.3 is 9.38 Å². The predicted molar refractivity (Wildman–Crippen MR) is 143 cm³/mol. The predicted octanol–water partition coefficient (Wildman–Crippen LogP) is 8.84. The third kappa shape index (κ3) is 1.81. The van der Waals surface area contributed by atoms with Crippen LogP contribution in [0, 0.1) is 0 Å². The summed E-state index contributed by atoms with van der Waals surface area (Å²) in [6.45, 7) is 0. The SMILES string of the molecule is c1ccc2c(c1)sc1c2cc2[nH]c3cccc4c3c2c1c1cccc2c3ccccc3n4c21. The Bertz CT molecular complexity index is 2240. The van der Waals surface area contributed by atoms with Gasteiger partial charge in [0.25, 0.3) is 0 Å². The van der Waals surface area contributed by atoms with Crippen LogP contribution >= 0.6 is 11.3 Å². The average molecular weight is 437 g/mol. The van der Waals surface area contributed by atoms with Crippen LogP contribution in [0.3, 0.4) is 0 Å². The van der Waals surface area contributed by atoms with Gasteiger partial charge in [-0.1, -0.05) is 60.7 Å². The summed E-state index contributed by atoms with van der Waals surface area (Å²) in [6.07, 6.45) is 0. The molecule has 9 rings (SSSR count). The van der Waals surface area contributed by atoms with Gasteiger partial charge in [-0.2, -0.15) is 0 Å². The van der Waals surface area contributed by atoms with Crippen molar-refractivity contribution in [2.24, 2.45) is 0 Å². The van der Waals surface area contributed by atoms with E-state index in [4.69, 9.17) is 0 Å². The molecule has 0 aliphatic heterocycles. The summed E-state index contributed by atoms with van der Waals surface area (Å²) in [6, 6.07) is 33.5. The highest BCUT2D eigenvalue weighted by atomic mass is 32.1. The lowest BCUT2D eigenvalue weighted by Crippen LogP contribution is -1.84. The molecule has 4 heterocycles. The summed E-state index contributed by atoms with van der Waals surface area (Å²) in [5, 5.41) is 10.7. The van der Waals surface area contributed by atoms with E-state index in [9.17, 15) is 0 Å². The number of H-pyrrole nitrogens is 1. The monoisotopic (exact) mass is 436 g/mol. The molecule has 0 aliphatic carbocycles. The molecule has 0 radical (unpaired) electrons. The first-order valence-electron chi connectivity index (χ1n) is 11.3. The van der Waals surface area contributed by atoms with Crippen molar-refractivity contribution < 1.29 is 0 Å². The summed E-state index contributed by atoms with van der Waals surface area (Å²) in [7, 11) is 0. The van der Waals surface area contributed by atoms with Gasteiger partial charge in [-0.25, -0.2) is 0 Å². The molecule has 4 aromatic heterocycles. The molecule has 0 saturated heterocycles. The van der Waals surface area contributed by atoms with Gasteiger partial charge in [0, 0.05) is 63.5 Å². The van der Waals surface area contributed by atoms with Gasteiger partial charge in [-0.05, 0) is 30.3 Å². The number of nitrogens with zero attached hydrogens (tertiary/aromatic N) is 1. The Kier molecular flexibility index (Phi) is 2.73. The maximum absolute atomic E-state index is 3.77. The highest BCUT2D eigenvalue weighted by molar-refractivity contribution is 7.26. The number of hydrogen-bond donors (Lipinski definition) is 1. The van der Waals surface area contributed by atoms with E-state index >= 15 is 0 Å². The maximum atomic E-state index is 3.77. The molecule has 1 N–H and O–H groups in total. The van der Waals surface area contributed by atoms with E-state index in [0.29, 0.717) is 0 Å². The third-order valence-electron chi connectivity index (χ3n) is 7.44. The smallest absolute Gasteiger partial charge is 0.0620 e. The lowest BCUT2D eigenvalue weighted by molar-refractivity contribution is 1.36. The van der Waals surface area contributed by atoms with Gasteiger partial charge >= 0.3 is 0 Å². The zero-order chi connectivity index (χ0) is 21.3. The second kappa shape index (κ2) is 5.45. The van der Waals surface area contributed by atoms with E-state index < -0.39 is 0 Å². The number of nitrogens with one attached hydrogen (secondary N) is 1. The molecule has 0 atom stereocenters. The number of hydrogen-bond acceptors (Lipinski definition) is 1. The molecular formula is C30H16N2S. The van der Waals surface area contributed by atoms with Crippen LogP contribution in [0.1, 0.15) is 0 Å². The summed E-state index contributed by atoms with van der Waals surface area (Å²) < 4.78 is 5.22. The number of thiophene rings is 1. The molecule has 0 fully saturated rings. The first-order chi connectivity index (χ1) is 16.4. The molecule has 152 valence electrons. The fourth-order valence-electron chi connectivity index (χ4n) is 6.18. The summed E-state index contributed by atoms with van der Waals surface area (Å²) >= 11 is 1.92. The molecule has 0 saturated carbocycles. The Morgan fingerprint density at radius 3 is 2.27 bits per heavy atom. The molecule has 0 bridgehead atoms. The molecule has 3 heteroatoms. The highest BCUT2D eigenvalue weighted by Gasteiger charge is 2.21. The highest BCUT2D eigenvalue weighted by Crippen LogP contribution is 2.47. The standard InChI is InChI=1S/C30H16N2S/c1-3-12-23-16(7-1)18-9-5-10-19-26-28-22(15-20-17-8-2-4-14-25(17)33-30(20)26)31-21-11-6-13-24(27(21)28)32(23)29(18)19/h1-15,31H. The molecule has 9 aromatic rings. The quantitative estimate of drug-likeness (QED) is 0.245. The minimum Gasteiger partial charge on any atom is -0.354 e. The fourth-order valence-corrected chi connectivity index (χ4v) is 7.43. The lowest BCUT2D eigenvalue weighted by atomic mass is 10.0. The van der Waals surface area contributed by atoms with Crippen molar-refractivity contribution in [2.75, 3.05) is 0 Å². The number of benzene rings is 5. The van der Waals surface area contributed by atoms with Crippen LogP contribution in [-0.4, -0.2) is 9.38 Å². The molecular weight excluding hydrogens is 420 g/mol. The first kappa shape index (κ1) is 16.5. The average Bonchev–Trinajstić information content (AvgIpc) is 3.49. The molecule has 33 heavy (non-hydrogen) atoms. The number of aromatic amines is 1. The van der Waals surface area contributed by atoms with Gasteiger partial charge in [-0.15, -0.1) is 11.3 Å². The van der Waals surface area contributed by atoms with E-state index in [0.717, 1.165) is 0 Å². The summed E-state index contributed by atoms with van der Waals surface area (Å²) in [4.78, 5) is 3.77. The topological polar surface area (TPSA) is 20.2 Å². The summed E-state index contributed by atoms with van der Waals surface area (Å²) in [5.41, 5.74) is 6.26. The van der Waals surface area contributed by atoms with Crippen molar-refractivity contribution >= 4 is 91.4 Å². The van der Waals surface area contributed by atoms with Crippen molar-refractivity contribution in [3.05, 3.63) is 91.0 Å². The Morgan fingerprint density at radius 2 is 1.30 bits per heavy atom. The van der Waals surface area contributed by atoms with Gasteiger partial charge in [0.2, 0.25) is 0 Å². The summed E-state index contributed by atoms with van der Waals surface area (Å²) in [5.74, 6) is 0. The molecule has 0 unspecified atom stereocenters. The van der Waals surface area contributed by atoms with E-state index in [2.05, 4.69) is 100 Å². The molecule has 0 amide bonds. The normalized spacial score (nSPS) is 12.8. The molecule has 0 aliphatic rings. The van der Waals surface area contributed by atoms with E-state index in [1.807, 2.05) is 11.3 Å². The van der Waals surface area contributed by atoms with Crippen LogP contribution in [0.15, 0.2) is 91.0 Å². The lowest BCUT2D eigenvalue weighted by Gasteiger charge is -2.02. The second-order valence-electron chi connectivity index (χ2n) is 9.03. The van der Waals surface area contributed by atoms with Crippen LogP contribution in [0.2, 0.25) is 0 Å². The van der Waals surface area contributed by atoms with Crippen LogP contribution in [0.5, 0.6) is 0 Å². The van der Waals surface area contributed by atoms with Crippen LogP contribution in [-0.2, 0) is 0 Å². The third-order valence-corrected chi connectivity index (χ3v) is 8.64. The first-order valence-corrected chi connectivity index (χ1v) is 12.1. The zero-order valence-corrected chi connectivity index (χ0v) is 18.3. The van der Waals surface area contributed by atoms with Crippen LogP contribution < -0.4 is 0 Å². The Labute approximate surface area is 191 Å². The minimum absolute atomic E-state index is 1.20. The van der Waals surface area contributed by atoms with Gasteiger partial charge in [0.15, 0.2) is 0 Å². The van der Waals surface area contributed by atoms with E-state index in [1.165, 1.54) is 80.1 Å². The number of aromatic nitrogens is 2. The number of para-hydroxylation sites is 2. The largest absolute Gasteiger partial charge is 0.354 e. The second-order valence-corrected chi connectivity index (χ2v) is 10.1. The minimum atomic E-state index is 1.20. The van der Waals surface area contributed by atoms with Crippen molar-refractivity contribution in [1.29, 1.82) is 0 Å². The zero-order valence-electron chi connectivity index (χ0n) is 17.5. The van der Waals surface area contributed by atoms with Crippen LogP contribution in [0.4, 0.5) is 0 Å². The van der Waals surface area contributed by atoms with E-state index in [1.54, 1.807) is 0 Å². The van der Waals surface area contributed by atoms with Crippen LogP contribution in [0.25, 0.3) is 80.1 Å². The van der Waals surface area contributed by atoms with Crippen molar-refractivity contribution in [2.45, 2.75) is 0 Å².